The van der Waals surface area contributed by atoms with Gasteiger partial charge in [-0.3, -0.25) is 4.79 Å². The van der Waals surface area contributed by atoms with E-state index in [1.807, 2.05) is 31.2 Å². The quantitative estimate of drug-likeness (QED) is 0.806. The number of nitrogens with one attached hydrogen (secondary N) is 1. The van der Waals surface area contributed by atoms with E-state index >= 15 is 0 Å². The van der Waals surface area contributed by atoms with Gasteiger partial charge in [-0.1, -0.05) is 36.2 Å². The number of methoxy groups -OCH3 is 1. The van der Waals surface area contributed by atoms with Crippen molar-refractivity contribution in [3.05, 3.63) is 59.2 Å². The molecule has 1 fully saturated rings. The second kappa shape index (κ2) is 8.75. The van der Waals surface area contributed by atoms with E-state index in [1.54, 1.807) is 12.1 Å². The molecule has 3 rings (SSSR count). The van der Waals surface area contributed by atoms with Crippen LogP contribution in [0.2, 0.25) is 0 Å². The largest absolute Gasteiger partial charge is 0.495 e. The molecule has 1 aliphatic heterocycles. The minimum atomic E-state index is -3.71. The average molecular weight is 403 g/mol. The van der Waals surface area contributed by atoms with Gasteiger partial charge in [0.2, 0.25) is 10.0 Å². The summed E-state index contributed by atoms with van der Waals surface area (Å²) in [6.07, 6.45) is 2.72. The zero-order chi connectivity index (χ0) is 20.1. The summed E-state index contributed by atoms with van der Waals surface area (Å²) in [6.45, 7) is 3.36. The molecular weight excluding hydrogens is 376 g/mol. The van der Waals surface area contributed by atoms with Crippen LogP contribution < -0.4 is 10.1 Å². The average Bonchev–Trinajstić information content (AvgIpc) is 2.72. The van der Waals surface area contributed by atoms with Crippen LogP contribution in [0, 0.1) is 6.92 Å². The molecule has 2 aromatic carbocycles. The van der Waals surface area contributed by atoms with Gasteiger partial charge in [0, 0.05) is 25.2 Å². The lowest BCUT2D eigenvalue weighted by molar-refractivity contribution is 0.0950. The summed E-state index contributed by atoms with van der Waals surface area (Å²) < 4.78 is 32.9. The van der Waals surface area contributed by atoms with E-state index in [1.165, 1.54) is 17.5 Å². The zero-order valence-corrected chi connectivity index (χ0v) is 17.1. The summed E-state index contributed by atoms with van der Waals surface area (Å²) in [4.78, 5) is 12.6. The number of piperidine rings is 1. The van der Waals surface area contributed by atoms with Crippen LogP contribution in [0.1, 0.15) is 40.7 Å². The third kappa shape index (κ3) is 4.54. The third-order valence-corrected chi connectivity index (χ3v) is 6.81. The number of aryl methyl sites for hydroxylation is 1. The maximum Gasteiger partial charge on any atom is 0.251 e. The van der Waals surface area contributed by atoms with Crippen molar-refractivity contribution in [2.45, 2.75) is 37.6 Å². The molecule has 7 heteroatoms. The number of amides is 1. The highest BCUT2D eigenvalue weighted by molar-refractivity contribution is 7.89. The van der Waals surface area contributed by atoms with E-state index in [9.17, 15) is 13.2 Å². The maximum atomic E-state index is 13.1. The molecule has 1 aliphatic rings. The molecule has 0 unspecified atom stereocenters. The third-order valence-electron chi connectivity index (χ3n) is 4.89. The number of hydrogen-bond acceptors (Lipinski definition) is 4. The fourth-order valence-electron chi connectivity index (χ4n) is 3.37. The number of carbonyl (C=O) groups excluding carboxylic acids is 1. The first-order chi connectivity index (χ1) is 13.4. The summed E-state index contributed by atoms with van der Waals surface area (Å²) in [5.41, 5.74) is 2.40. The Morgan fingerprint density at radius 2 is 1.86 bits per heavy atom. The number of rotatable bonds is 6. The van der Waals surface area contributed by atoms with E-state index in [0.29, 0.717) is 25.2 Å². The van der Waals surface area contributed by atoms with Crippen molar-refractivity contribution in [1.82, 2.24) is 9.62 Å². The molecule has 6 nitrogen and oxygen atoms in total. The number of sulfonamides is 1. The van der Waals surface area contributed by atoms with Crippen molar-refractivity contribution in [2.75, 3.05) is 20.2 Å². The zero-order valence-electron chi connectivity index (χ0n) is 16.3. The molecule has 0 radical (unpaired) electrons. The summed E-state index contributed by atoms with van der Waals surface area (Å²) >= 11 is 0. The van der Waals surface area contributed by atoms with Crippen molar-refractivity contribution < 1.29 is 17.9 Å². The van der Waals surface area contributed by atoms with Crippen LogP contribution in [0.15, 0.2) is 47.4 Å². The highest BCUT2D eigenvalue weighted by atomic mass is 32.2. The van der Waals surface area contributed by atoms with Gasteiger partial charge in [-0.25, -0.2) is 8.42 Å². The van der Waals surface area contributed by atoms with Crippen LogP contribution in [-0.4, -0.2) is 38.8 Å². The molecule has 0 atom stereocenters. The Morgan fingerprint density at radius 3 is 2.54 bits per heavy atom. The Bertz CT molecular complexity index is 951. The molecular formula is C21H26N2O4S. The summed E-state index contributed by atoms with van der Waals surface area (Å²) in [7, 11) is -2.27. The summed E-state index contributed by atoms with van der Waals surface area (Å²) in [5.74, 6) is -0.0694. The highest BCUT2D eigenvalue weighted by Gasteiger charge is 2.29. The first-order valence-electron chi connectivity index (χ1n) is 9.44. The molecule has 0 aromatic heterocycles. The van der Waals surface area contributed by atoms with Crippen molar-refractivity contribution in [3.8, 4) is 5.75 Å². The van der Waals surface area contributed by atoms with Crippen LogP contribution in [-0.2, 0) is 16.6 Å². The van der Waals surface area contributed by atoms with E-state index in [2.05, 4.69) is 5.32 Å². The number of carbonyl (C=O) groups is 1. The van der Waals surface area contributed by atoms with Gasteiger partial charge < -0.3 is 10.1 Å². The fourth-order valence-corrected chi connectivity index (χ4v) is 5.07. The molecule has 0 bridgehead atoms. The van der Waals surface area contributed by atoms with Crippen LogP contribution in [0.5, 0.6) is 5.75 Å². The van der Waals surface area contributed by atoms with Crippen LogP contribution in [0.3, 0.4) is 0 Å². The van der Waals surface area contributed by atoms with Gasteiger partial charge >= 0.3 is 0 Å². The number of nitrogens with zero attached hydrogens (tertiary/aromatic N) is 1. The van der Waals surface area contributed by atoms with E-state index in [0.717, 1.165) is 30.4 Å². The first kappa shape index (κ1) is 20.4. The second-order valence-corrected chi connectivity index (χ2v) is 8.91. The van der Waals surface area contributed by atoms with Gasteiger partial charge in [0.05, 0.1) is 7.11 Å². The van der Waals surface area contributed by atoms with Crippen LogP contribution >= 0.6 is 0 Å². The molecule has 1 N–H and O–H groups in total. The lowest BCUT2D eigenvalue weighted by Gasteiger charge is -2.26. The molecule has 0 saturated carbocycles. The molecule has 1 heterocycles. The minimum Gasteiger partial charge on any atom is -0.495 e. The van der Waals surface area contributed by atoms with Crippen molar-refractivity contribution in [3.63, 3.8) is 0 Å². The molecule has 0 spiro atoms. The van der Waals surface area contributed by atoms with E-state index < -0.39 is 10.0 Å². The molecule has 0 aliphatic carbocycles. The summed E-state index contributed by atoms with van der Waals surface area (Å²) in [5, 5.41) is 2.85. The standard InChI is InChI=1S/C21H26N2O4S/c1-16-7-6-8-17(13-16)15-22-21(24)18-9-10-19(27-2)20(14-18)28(25,26)23-11-4-3-5-12-23/h6-10,13-14H,3-5,11-12,15H2,1-2H3,(H,22,24). The van der Waals surface area contributed by atoms with Gasteiger partial charge in [0.1, 0.15) is 10.6 Å². The lowest BCUT2D eigenvalue weighted by atomic mass is 10.1. The van der Waals surface area contributed by atoms with Crippen molar-refractivity contribution >= 4 is 15.9 Å². The molecule has 1 saturated heterocycles. The Labute approximate surface area is 166 Å². The Kier molecular flexibility index (Phi) is 6.36. The molecule has 1 amide bonds. The number of benzene rings is 2. The topological polar surface area (TPSA) is 75.7 Å². The monoisotopic (exact) mass is 402 g/mol. The van der Waals surface area contributed by atoms with E-state index in [4.69, 9.17) is 4.74 Å². The summed E-state index contributed by atoms with van der Waals surface area (Å²) in [6, 6.07) is 12.4. The second-order valence-electron chi connectivity index (χ2n) is 7.00. The SMILES string of the molecule is COc1ccc(C(=O)NCc2cccc(C)c2)cc1S(=O)(=O)N1CCCCC1. The van der Waals surface area contributed by atoms with Crippen LogP contribution in [0.4, 0.5) is 0 Å². The van der Waals surface area contributed by atoms with Crippen molar-refractivity contribution in [2.24, 2.45) is 0 Å². The van der Waals surface area contributed by atoms with Crippen molar-refractivity contribution in [1.29, 1.82) is 0 Å². The maximum absolute atomic E-state index is 13.1. The molecule has 150 valence electrons. The van der Waals surface area contributed by atoms with Crippen LogP contribution in [0.25, 0.3) is 0 Å². The van der Waals surface area contributed by atoms with Gasteiger partial charge in [-0.05, 0) is 43.5 Å². The smallest absolute Gasteiger partial charge is 0.251 e. The normalized spacial score (nSPS) is 15.2. The number of ether oxygens (including phenoxy) is 1. The first-order valence-corrected chi connectivity index (χ1v) is 10.9. The van der Waals surface area contributed by atoms with E-state index in [-0.39, 0.29) is 16.6 Å². The van der Waals surface area contributed by atoms with Gasteiger partial charge in [-0.15, -0.1) is 0 Å². The highest BCUT2D eigenvalue weighted by Crippen LogP contribution is 2.29. The Hall–Kier alpha value is -2.38. The van der Waals surface area contributed by atoms with Gasteiger partial charge in [0.15, 0.2) is 0 Å². The molecule has 28 heavy (non-hydrogen) atoms. The minimum absolute atomic E-state index is 0.0418. The van der Waals surface area contributed by atoms with Gasteiger partial charge in [0.25, 0.3) is 5.91 Å². The number of hydrogen-bond donors (Lipinski definition) is 1. The Balaban J connectivity index is 1.82. The predicted molar refractivity (Wildman–Crippen MR) is 108 cm³/mol. The van der Waals surface area contributed by atoms with Gasteiger partial charge in [-0.2, -0.15) is 4.31 Å². The lowest BCUT2D eigenvalue weighted by Crippen LogP contribution is -2.36. The molecule has 2 aromatic rings. The predicted octanol–water partition coefficient (Wildman–Crippen LogP) is 3.11. The Morgan fingerprint density at radius 1 is 1.11 bits per heavy atom. The fraction of sp³-hybridized carbons (Fsp3) is 0.381.